The van der Waals surface area contributed by atoms with E-state index in [2.05, 4.69) is 5.32 Å². The van der Waals surface area contributed by atoms with Gasteiger partial charge >= 0.3 is 6.09 Å². The fourth-order valence-electron chi connectivity index (χ4n) is 2.26. The Kier molecular flexibility index (Phi) is 7.29. The van der Waals surface area contributed by atoms with E-state index in [1.165, 1.54) is 4.31 Å². The van der Waals surface area contributed by atoms with Crippen LogP contribution in [-0.2, 0) is 25.9 Å². The maximum atomic E-state index is 12.5. The maximum Gasteiger partial charge on any atom is 0.407 e. The van der Waals surface area contributed by atoms with Crippen LogP contribution in [0, 0.1) is 0 Å². The van der Waals surface area contributed by atoms with Crippen molar-refractivity contribution in [2.45, 2.75) is 11.3 Å². The first kappa shape index (κ1) is 19.0. The molecule has 24 heavy (non-hydrogen) atoms. The van der Waals surface area contributed by atoms with Crippen molar-refractivity contribution in [3.8, 4) is 0 Å². The number of sulfonamides is 1. The number of halogens is 1. The van der Waals surface area contributed by atoms with E-state index in [-0.39, 0.29) is 17.4 Å². The summed E-state index contributed by atoms with van der Waals surface area (Å²) in [6.07, 6.45) is 0.0654. The van der Waals surface area contributed by atoms with Crippen LogP contribution in [0.15, 0.2) is 29.2 Å². The number of benzene rings is 1. The smallest absolute Gasteiger partial charge is 0.407 e. The quantitative estimate of drug-likeness (QED) is 0.723. The van der Waals surface area contributed by atoms with Gasteiger partial charge in [0, 0.05) is 19.6 Å². The van der Waals surface area contributed by atoms with Crippen molar-refractivity contribution in [2.24, 2.45) is 0 Å². The van der Waals surface area contributed by atoms with E-state index in [1.54, 1.807) is 24.3 Å². The van der Waals surface area contributed by atoms with Crippen molar-refractivity contribution in [2.75, 3.05) is 45.3 Å². The largest absolute Gasteiger partial charge is 0.448 e. The van der Waals surface area contributed by atoms with Crippen molar-refractivity contribution in [3.05, 3.63) is 29.8 Å². The van der Waals surface area contributed by atoms with Crippen LogP contribution in [0.1, 0.15) is 5.56 Å². The fraction of sp³-hybridized carbons (Fsp3) is 0.533. The molecule has 1 aliphatic heterocycles. The van der Waals surface area contributed by atoms with Crippen LogP contribution in [-0.4, -0.2) is 64.2 Å². The second-order valence-electron chi connectivity index (χ2n) is 5.16. The molecule has 0 bridgehead atoms. The molecule has 1 N–H and O–H groups in total. The molecule has 0 spiro atoms. The summed E-state index contributed by atoms with van der Waals surface area (Å²) in [4.78, 5) is 11.5. The normalized spacial score (nSPS) is 15.9. The number of hydrogen-bond acceptors (Lipinski definition) is 5. The van der Waals surface area contributed by atoms with Crippen molar-refractivity contribution in [1.82, 2.24) is 9.62 Å². The number of nitrogens with one attached hydrogen (secondary N) is 1. The lowest BCUT2D eigenvalue weighted by Crippen LogP contribution is -2.40. The first-order chi connectivity index (χ1) is 11.5. The van der Waals surface area contributed by atoms with Gasteiger partial charge in [0.1, 0.15) is 6.61 Å². The molecule has 1 amide bonds. The van der Waals surface area contributed by atoms with Gasteiger partial charge in [0.25, 0.3) is 0 Å². The number of alkyl halides is 1. The lowest BCUT2D eigenvalue weighted by Gasteiger charge is -2.26. The summed E-state index contributed by atoms with van der Waals surface area (Å²) in [6.45, 7) is 2.15. The molecular weight excluding hydrogens is 356 g/mol. The number of nitrogens with zero attached hydrogens (tertiary/aromatic N) is 1. The number of hydrogen-bond donors (Lipinski definition) is 1. The molecule has 1 aliphatic rings. The van der Waals surface area contributed by atoms with Crippen LogP contribution in [0.2, 0.25) is 0 Å². The molecule has 1 aromatic rings. The Morgan fingerprint density at radius 1 is 1.25 bits per heavy atom. The number of morpholine rings is 1. The standard InChI is InChI=1S/C15H21ClN2O5S/c16-6-10-23-15(19)17-7-5-13-1-3-14(4-2-13)24(20,21)18-8-11-22-12-9-18/h1-4H,5-12H2,(H,17,19). The Labute approximate surface area is 146 Å². The highest BCUT2D eigenvalue weighted by Crippen LogP contribution is 2.17. The van der Waals surface area contributed by atoms with Gasteiger partial charge in [-0.05, 0) is 24.1 Å². The molecular formula is C15H21ClN2O5S. The number of carbonyl (C=O) groups excluding carboxylic acids is 1. The molecule has 0 aromatic heterocycles. The van der Waals surface area contributed by atoms with Gasteiger partial charge in [-0.25, -0.2) is 13.2 Å². The summed E-state index contributed by atoms with van der Waals surface area (Å²) in [7, 11) is -3.47. The summed E-state index contributed by atoms with van der Waals surface area (Å²) in [5, 5.41) is 2.60. The van der Waals surface area contributed by atoms with E-state index in [4.69, 9.17) is 21.1 Å². The minimum Gasteiger partial charge on any atom is -0.448 e. The number of alkyl carbamates (subject to hydrolysis) is 1. The second-order valence-corrected chi connectivity index (χ2v) is 7.48. The molecule has 1 fully saturated rings. The molecule has 0 atom stereocenters. The van der Waals surface area contributed by atoms with Crippen molar-refractivity contribution >= 4 is 27.7 Å². The zero-order valence-corrected chi connectivity index (χ0v) is 14.8. The third kappa shape index (κ3) is 5.34. The zero-order valence-electron chi connectivity index (χ0n) is 13.2. The van der Waals surface area contributed by atoms with Gasteiger partial charge in [-0.1, -0.05) is 12.1 Å². The number of rotatable bonds is 7. The summed E-state index contributed by atoms with van der Waals surface area (Å²) in [5.41, 5.74) is 0.925. The molecule has 1 aromatic carbocycles. The third-order valence-corrected chi connectivity index (χ3v) is 5.59. The molecule has 0 saturated carbocycles. The fourth-order valence-corrected chi connectivity index (χ4v) is 3.74. The van der Waals surface area contributed by atoms with Gasteiger partial charge in [0.05, 0.1) is 24.0 Å². The van der Waals surface area contributed by atoms with Crippen molar-refractivity contribution in [1.29, 1.82) is 0 Å². The lowest BCUT2D eigenvalue weighted by atomic mass is 10.1. The van der Waals surface area contributed by atoms with Crippen molar-refractivity contribution < 1.29 is 22.7 Å². The van der Waals surface area contributed by atoms with Crippen LogP contribution >= 0.6 is 11.6 Å². The third-order valence-electron chi connectivity index (χ3n) is 3.52. The van der Waals surface area contributed by atoms with Gasteiger partial charge in [-0.15, -0.1) is 11.6 Å². The van der Waals surface area contributed by atoms with Gasteiger partial charge in [-0.2, -0.15) is 4.31 Å². The maximum absolute atomic E-state index is 12.5. The Morgan fingerprint density at radius 2 is 1.92 bits per heavy atom. The predicted molar refractivity (Wildman–Crippen MR) is 89.8 cm³/mol. The van der Waals surface area contributed by atoms with E-state index in [1.807, 2.05) is 0 Å². The highest BCUT2D eigenvalue weighted by atomic mass is 35.5. The van der Waals surface area contributed by atoms with Crippen LogP contribution in [0.3, 0.4) is 0 Å². The van der Waals surface area contributed by atoms with Crippen LogP contribution in [0.5, 0.6) is 0 Å². The SMILES string of the molecule is O=C(NCCc1ccc(S(=O)(=O)N2CCOCC2)cc1)OCCCl. The van der Waals surface area contributed by atoms with Crippen LogP contribution < -0.4 is 5.32 Å². The van der Waals surface area contributed by atoms with Crippen LogP contribution in [0.25, 0.3) is 0 Å². The van der Waals surface area contributed by atoms with E-state index in [0.29, 0.717) is 39.3 Å². The molecule has 0 unspecified atom stereocenters. The molecule has 0 radical (unpaired) electrons. The molecule has 7 nitrogen and oxygen atoms in total. The molecule has 0 aliphatic carbocycles. The Hall–Kier alpha value is -1.35. The summed E-state index contributed by atoms with van der Waals surface area (Å²) >= 11 is 5.42. The molecule has 2 rings (SSSR count). The van der Waals surface area contributed by atoms with E-state index >= 15 is 0 Å². The highest BCUT2D eigenvalue weighted by Gasteiger charge is 2.25. The summed E-state index contributed by atoms with van der Waals surface area (Å²) in [6, 6.07) is 6.68. The Bertz CT molecular complexity index is 630. The van der Waals surface area contributed by atoms with Gasteiger partial charge in [0.2, 0.25) is 10.0 Å². The summed E-state index contributed by atoms with van der Waals surface area (Å²) < 4.78 is 36.4. The average Bonchev–Trinajstić information content (AvgIpc) is 2.61. The number of ether oxygens (including phenoxy) is 2. The van der Waals surface area contributed by atoms with E-state index in [9.17, 15) is 13.2 Å². The van der Waals surface area contributed by atoms with E-state index in [0.717, 1.165) is 5.56 Å². The first-order valence-corrected chi connectivity index (χ1v) is 9.65. The Balaban J connectivity index is 1.87. The minimum atomic E-state index is -3.47. The molecule has 9 heteroatoms. The molecule has 1 saturated heterocycles. The first-order valence-electron chi connectivity index (χ1n) is 7.67. The molecule has 1 heterocycles. The Morgan fingerprint density at radius 3 is 2.54 bits per heavy atom. The van der Waals surface area contributed by atoms with E-state index < -0.39 is 16.1 Å². The van der Waals surface area contributed by atoms with Gasteiger partial charge in [0.15, 0.2) is 0 Å². The monoisotopic (exact) mass is 376 g/mol. The van der Waals surface area contributed by atoms with Crippen LogP contribution in [0.4, 0.5) is 4.79 Å². The second kappa shape index (κ2) is 9.22. The topological polar surface area (TPSA) is 84.9 Å². The van der Waals surface area contributed by atoms with Crippen molar-refractivity contribution in [3.63, 3.8) is 0 Å². The van der Waals surface area contributed by atoms with Gasteiger partial charge < -0.3 is 14.8 Å². The van der Waals surface area contributed by atoms with Gasteiger partial charge in [-0.3, -0.25) is 0 Å². The summed E-state index contributed by atoms with van der Waals surface area (Å²) in [5.74, 6) is 0.256. The number of carbonyl (C=O) groups is 1. The lowest BCUT2D eigenvalue weighted by molar-refractivity contribution is 0.0730. The predicted octanol–water partition coefficient (Wildman–Crippen LogP) is 1.22. The minimum absolute atomic E-state index is 0.168. The average molecular weight is 377 g/mol. The zero-order chi connectivity index (χ0) is 17.4. The number of amides is 1. The highest BCUT2D eigenvalue weighted by molar-refractivity contribution is 7.89. The molecule has 134 valence electrons.